The van der Waals surface area contributed by atoms with E-state index in [1.165, 1.54) is 6.33 Å². The van der Waals surface area contributed by atoms with Crippen molar-refractivity contribution in [1.29, 1.82) is 0 Å². The summed E-state index contributed by atoms with van der Waals surface area (Å²) in [6.07, 6.45) is 1.54. The Morgan fingerprint density at radius 2 is 1.83 bits per heavy atom. The highest BCUT2D eigenvalue weighted by Gasteiger charge is 2.39. The molecule has 0 N–H and O–H groups in total. The fourth-order valence-corrected chi connectivity index (χ4v) is 5.46. The van der Waals surface area contributed by atoms with Crippen LogP contribution in [0.4, 0.5) is 0 Å². The number of benzene rings is 3. The van der Waals surface area contributed by atoms with Gasteiger partial charge in [0.05, 0.1) is 36.7 Å². The highest BCUT2D eigenvalue weighted by Crippen LogP contribution is 2.51. The summed E-state index contributed by atoms with van der Waals surface area (Å²) in [7, 11) is 3.15. The van der Waals surface area contributed by atoms with Crippen LogP contribution < -0.4 is 29.3 Å². The van der Waals surface area contributed by atoms with Crippen molar-refractivity contribution in [3.05, 3.63) is 94.1 Å². The molecule has 41 heavy (non-hydrogen) atoms. The molecule has 0 radical (unpaired) electrons. The lowest BCUT2D eigenvalue weighted by molar-refractivity contribution is 0.174. The molecule has 11 nitrogen and oxygen atoms in total. The van der Waals surface area contributed by atoms with Crippen molar-refractivity contribution < 1.29 is 28.1 Å². The summed E-state index contributed by atoms with van der Waals surface area (Å²) in [5, 5.41) is 5.33. The lowest BCUT2D eigenvalue weighted by Crippen LogP contribution is -2.22. The lowest BCUT2D eigenvalue weighted by Gasteiger charge is -2.28. The van der Waals surface area contributed by atoms with E-state index in [1.807, 2.05) is 36.4 Å². The number of hydrogen-bond acceptors (Lipinski definition) is 10. The van der Waals surface area contributed by atoms with Crippen LogP contribution in [0.15, 0.2) is 76.2 Å². The molecule has 0 saturated heterocycles. The minimum atomic E-state index is -0.732. The molecule has 3 aromatic carbocycles. The van der Waals surface area contributed by atoms with Crippen LogP contribution in [0.25, 0.3) is 28.0 Å². The predicted octanol–water partition coefficient (Wildman–Crippen LogP) is 4.93. The molecule has 0 aliphatic carbocycles. The largest absolute Gasteiger partial charge is 0.497 e. The van der Waals surface area contributed by atoms with Crippen molar-refractivity contribution in [2.24, 2.45) is 0 Å². The fraction of sp³-hybridized carbons (Fsp3) is 0.133. The van der Waals surface area contributed by atoms with Gasteiger partial charge in [-0.15, -0.1) is 5.10 Å². The van der Waals surface area contributed by atoms with Gasteiger partial charge in [-0.3, -0.25) is 0 Å². The summed E-state index contributed by atoms with van der Waals surface area (Å²) in [5.74, 6) is 2.76. The molecular weight excluding hydrogens is 528 g/mol. The molecule has 1 atom stereocenters. The molecule has 3 aromatic heterocycles. The Labute approximate surface area is 231 Å². The number of methoxy groups -OCH3 is 2. The summed E-state index contributed by atoms with van der Waals surface area (Å²) in [5.41, 5.74) is 2.53. The molecule has 0 spiro atoms. The van der Waals surface area contributed by atoms with Crippen molar-refractivity contribution in [2.75, 3.05) is 21.0 Å². The Morgan fingerprint density at radius 3 is 2.71 bits per heavy atom. The van der Waals surface area contributed by atoms with Crippen LogP contribution in [0.3, 0.4) is 0 Å². The molecule has 202 valence electrons. The summed E-state index contributed by atoms with van der Waals surface area (Å²) in [4.78, 5) is 23.2. The third kappa shape index (κ3) is 3.45. The maximum absolute atomic E-state index is 13.7. The monoisotopic (exact) mass is 548 g/mol. The average Bonchev–Trinajstić information content (AvgIpc) is 3.67. The summed E-state index contributed by atoms with van der Waals surface area (Å²) in [6.45, 7) is 0.160. The van der Waals surface area contributed by atoms with Gasteiger partial charge in [0.1, 0.15) is 23.4 Å². The van der Waals surface area contributed by atoms with E-state index in [1.54, 1.807) is 43.0 Å². The molecule has 1 unspecified atom stereocenters. The van der Waals surface area contributed by atoms with Crippen LogP contribution in [-0.2, 0) is 0 Å². The standard InChI is InChI=1S/C30H20N4O7/c1-36-16-8-10-19(37-2)18(12-16)23-24-26(17-5-3-4-6-20(17)40-30(24)35)41-29-25(23)28-32-27(33-34(28)13-31-29)15-7-9-21-22(11-15)39-14-38-21/h3-13,23H,14H2,1-2H3. The van der Waals surface area contributed by atoms with Gasteiger partial charge in [0, 0.05) is 11.1 Å². The van der Waals surface area contributed by atoms with Crippen molar-refractivity contribution in [1.82, 2.24) is 19.6 Å². The van der Waals surface area contributed by atoms with Crippen LogP contribution in [0.2, 0.25) is 0 Å². The molecule has 2 aliphatic heterocycles. The van der Waals surface area contributed by atoms with Gasteiger partial charge in [-0.25, -0.2) is 19.3 Å². The average molecular weight is 549 g/mol. The van der Waals surface area contributed by atoms with Gasteiger partial charge in [-0.05, 0) is 48.5 Å². The Balaban J connectivity index is 1.42. The molecule has 2 aliphatic rings. The van der Waals surface area contributed by atoms with Gasteiger partial charge in [0.15, 0.2) is 28.7 Å². The summed E-state index contributed by atoms with van der Waals surface area (Å²) in [6, 6.07) is 18.1. The van der Waals surface area contributed by atoms with E-state index < -0.39 is 11.5 Å². The maximum atomic E-state index is 13.7. The van der Waals surface area contributed by atoms with E-state index in [4.69, 9.17) is 33.1 Å². The van der Waals surface area contributed by atoms with Crippen LogP contribution in [0.5, 0.6) is 34.6 Å². The first-order valence-electron chi connectivity index (χ1n) is 12.7. The van der Waals surface area contributed by atoms with E-state index in [9.17, 15) is 4.79 Å². The third-order valence-electron chi connectivity index (χ3n) is 7.34. The molecule has 0 saturated carbocycles. The molecule has 6 aromatic rings. The Morgan fingerprint density at radius 1 is 0.951 bits per heavy atom. The second kappa shape index (κ2) is 8.71. The molecule has 0 fully saturated rings. The first kappa shape index (κ1) is 23.3. The van der Waals surface area contributed by atoms with Gasteiger partial charge in [-0.2, -0.15) is 0 Å². The number of para-hydroxylation sites is 1. The van der Waals surface area contributed by atoms with Gasteiger partial charge < -0.3 is 28.1 Å². The first-order valence-corrected chi connectivity index (χ1v) is 12.7. The fourth-order valence-electron chi connectivity index (χ4n) is 5.46. The Bertz CT molecular complexity index is 2080. The molecule has 11 heteroatoms. The number of fused-ring (bicyclic) bond motifs is 7. The zero-order valence-electron chi connectivity index (χ0n) is 21.8. The van der Waals surface area contributed by atoms with Gasteiger partial charge >= 0.3 is 5.63 Å². The van der Waals surface area contributed by atoms with E-state index in [0.717, 1.165) is 5.56 Å². The number of rotatable bonds is 4. The Kier molecular flexibility index (Phi) is 4.96. The zero-order chi connectivity index (χ0) is 27.7. The lowest BCUT2D eigenvalue weighted by atomic mass is 9.83. The van der Waals surface area contributed by atoms with Gasteiger partial charge in [-0.1, -0.05) is 12.1 Å². The topological polar surface area (TPSA) is 119 Å². The van der Waals surface area contributed by atoms with Crippen LogP contribution >= 0.6 is 0 Å². The minimum Gasteiger partial charge on any atom is -0.497 e. The molecule has 5 heterocycles. The normalized spacial score (nSPS) is 14.9. The second-order valence-electron chi connectivity index (χ2n) is 9.51. The van der Waals surface area contributed by atoms with Crippen molar-refractivity contribution in [3.8, 4) is 46.0 Å². The van der Waals surface area contributed by atoms with Crippen LogP contribution in [0.1, 0.15) is 22.6 Å². The van der Waals surface area contributed by atoms with E-state index >= 15 is 0 Å². The van der Waals surface area contributed by atoms with Gasteiger partial charge in [0.2, 0.25) is 12.7 Å². The van der Waals surface area contributed by atoms with Gasteiger partial charge in [0.25, 0.3) is 0 Å². The highest BCUT2D eigenvalue weighted by atomic mass is 16.7. The number of hydrogen-bond donors (Lipinski definition) is 0. The highest BCUT2D eigenvalue weighted by molar-refractivity contribution is 5.87. The summed E-state index contributed by atoms with van der Waals surface area (Å²) >= 11 is 0. The minimum absolute atomic E-state index is 0.160. The van der Waals surface area contributed by atoms with Crippen molar-refractivity contribution in [2.45, 2.75) is 5.92 Å². The second-order valence-corrected chi connectivity index (χ2v) is 9.51. The molecule has 0 amide bonds. The van der Waals surface area contributed by atoms with E-state index in [-0.39, 0.29) is 6.79 Å². The SMILES string of the molecule is COc1ccc(OC)c(C2c3c(c4ccccc4oc3=O)Oc3ncn4nc(-c5ccc6c(c5)OCO6)nc4c32)c1. The number of aromatic nitrogens is 4. The van der Waals surface area contributed by atoms with Crippen LogP contribution in [0, 0.1) is 0 Å². The van der Waals surface area contributed by atoms with Crippen molar-refractivity contribution >= 4 is 16.6 Å². The van der Waals surface area contributed by atoms with Crippen LogP contribution in [-0.4, -0.2) is 40.6 Å². The molecular formula is C30H20N4O7. The van der Waals surface area contributed by atoms with E-state index in [2.05, 4.69) is 10.1 Å². The predicted molar refractivity (Wildman–Crippen MR) is 145 cm³/mol. The Hall–Kier alpha value is -5.58. The molecule has 8 rings (SSSR count). The van der Waals surface area contributed by atoms with Crippen molar-refractivity contribution in [3.63, 3.8) is 0 Å². The maximum Gasteiger partial charge on any atom is 0.344 e. The first-order chi connectivity index (χ1) is 20.1. The third-order valence-corrected chi connectivity index (χ3v) is 7.34. The number of nitrogens with zero attached hydrogens (tertiary/aromatic N) is 4. The zero-order valence-corrected chi connectivity index (χ0v) is 21.8. The molecule has 0 bridgehead atoms. The quantitative estimate of drug-likeness (QED) is 0.280. The smallest absolute Gasteiger partial charge is 0.344 e. The van der Waals surface area contributed by atoms with E-state index in [0.29, 0.717) is 73.8 Å². The summed E-state index contributed by atoms with van der Waals surface area (Å²) < 4.78 is 36.0. The number of ether oxygens (including phenoxy) is 5.